The molecule has 0 heterocycles. The number of carboxylic acid groups (broad SMARTS) is 1. The highest BCUT2D eigenvalue weighted by Crippen LogP contribution is 2.24. The number of amides is 2. The number of carbonyl (C=O) groups is 2. The molecule has 3 N–H and O–H groups in total. The number of urea groups is 1. The zero-order chi connectivity index (χ0) is 28.6. The van der Waals surface area contributed by atoms with Crippen molar-refractivity contribution in [3.05, 3.63) is 94.8 Å². The number of hydrogen-bond donors (Lipinski definition) is 3. The number of carboxylic acids is 1. The number of nitrogens with one attached hydrogen (secondary N) is 2. The van der Waals surface area contributed by atoms with E-state index in [2.05, 4.69) is 38.2 Å². The summed E-state index contributed by atoms with van der Waals surface area (Å²) in [6.45, 7) is 9.19. The molecule has 3 rings (SSSR count). The van der Waals surface area contributed by atoms with Crippen molar-refractivity contribution >= 4 is 17.8 Å². The van der Waals surface area contributed by atoms with E-state index in [4.69, 9.17) is 10.5 Å². The zero-order valence-corrected chi connectivity index (χ0v) is 23.2. The number of aliphatic carboxylic acids is 1. The molecule has 0 unspecified atom stereocenters. The molecule has 0 atom stereocenters. The standard InChI is InChI=1S/C32H38FN3O3/c1-5-36(31(39)35-21-23-11-16-27(17-12-23)32(2,3)4)29(34)8-6-7-22-9-13-24(14-10-22)25-15-18-28(33)26(19-25)20-30(37)38/h9-19,34H,5-8,20-21H2,1-4H3,(H,35,39)(H,37,38). The highest BCUT2D eigenvalue weighted by molar-refractivity contribution is 5.95. The third kappa shape index (κ3) is 8.50. The minimum Gasteiger partial charge on any atom is -0.481 e. The number of carbonyl (C=O) groups excluding carboxylic acids is 1. The average Bonchev–Trinajstić information content (AvgIpc) is 2.89. The van der Waals surface area contributed by atoms with Crippen molar-refractivity contribution in [1.29, 1.82) is 5.41 Å². The number of rotatable bonds is 10. The van der Waals surface area contributed by atoms with Crippen LogP contribution in [0.2, 0.25) is 0 Å². The number of halogens is 1. The fourth-order valence-corrected chi connectivity index (χ4v) is 4.36. The van der Waals surface area contributed by atoms with Gasteiger partial charge in [-0.15, -0.1) is 0 Å². The molecule has 0 spiro atoms. The van der Waals surface area contributed by atoms with Crippen LogP contribution in [-0.2, 0) is 29.6 Å². The Morgan fingerprint density at radius 2 is 1.56 bits per heavy atom. The molecule has 6 nitrogen and oxygen atoms in total. The van der Waals surface area contributed by atoms with E-state index in [1.165, 1.54) is 16.5 Å². The molecule has 0 fully saturated rings. The number of aryl methyl sites for hydroxylation is 1. The minimum atomic E-state index is -1.07. The van der Waals surface area contributed by atoms with Crippen LogP contribution in [-0.4, -0.2) is 34.4 Å². The van der Waals surface area contributed by atoms with E-state index < -0.39 is 11.8 Å². The van der Waals surface area contributed by atoms with Crippen molar-refractivity contribution in [3.63, 3.8) is 0 Å². The van der Waals surface area contributed by atoms with Gasteiger partial charge < -0.3 is 10.4 Å². The van der Waals surface area contributed by atoms with E-state index in [9.17, 15) is 14.0 Å². The molecule has 0 aliphatic rings. The summed E-state index contributed by atoms with van der Waals surface area (Å²) in [4.78, 5) is 25.2. The van der Waals surface area contributed by atoms with Crippen LogP contribution < -0.4 is 5.32 Å². The Morgan fingerprint density at radius 3 is 2.15 bits per heavy atom. The number of hydrogen-bond acceptors (Lipinski definition) is 3. The summed E-state index contributed by atoms with van der Waals surface area (Å²) in [6.07, 6.45) is 1.58. The Bertz CT molecular complexity index is 1300. The van der Waals surface area contributed by atoms with Crippen molar-refractivity contribution in [2.75, 3.05) is 6.54 Å². The highest BCUT2D eigenvalue weighted by Gasteiger charge is 2.17. The second-order valence-corrected chi connectivity index (χ2v) is 10.7. The maximum Gasteiger partial charge on any atom is 0.323 e. The number of benzene rings is 3. The maximum atomic E-state index is 13.9. The topological polar surface area (TPSA) is 93.5 Å². The molecule has 7 heteroatoms. The van der Waals surface area contributed by atoms with Gasteiger partial charge in [0.15, 0.2) is 0 Å². The third-order valence-electron chi connectivity index (χ3n) is 6.70. The second kappa shape index (κ2) is 13.2. The average molecular weight is 532 g/mol. The maximum absolute atomic E-state index is 13.9. The molecular formula is C32H38FN3O3. The highest BCUT2D eigenvalue weighted by atomic mass is 19.1. The van der Waals surface area contributed by atoms with Gasteiger partial charge in [-0.3, -0.25) is 15.1 Å². The molecule has 2 amide bonds. The van der Waals surface area contributed by atoms with Crippen molar-refractivity contribution in [1.82, 2.24) is 10.2 Å². The lowest BCUT2D eigenvalue weighted by atomic mass is 9.87. The van der Waals surface area contributed by atoms with Gasteiger partial charge in [0, 0.05) is 19.5 Å². The van der Waals surface area contributed by atoms with E-state index in [1.807, 2.05) is 43.3 Å². The SMILES string of the molecule is CCN(C(=N)CCCc1ccc(-c2ccc(F)c(CC(=O)O)c2)cc1)C(=O)NCc1ccc(C(C)(C)C)cc1. The van der Waals surface area contributed by atoms with Crippen molar-refractivity contribution in [3.8, 4) is 11.1 Å². The van der Waals surface area contributed by atoms with Crippen LogP contribution in [0, 0.1) is 11.2 Å². The molecule has 39 heavy (non-hydrogen) atoms. The van der Waals surface area contributed by atoms with Gasteiger partial charge in [-0.25, -0.2) is 9.18 Å². The molecular weight excluding hydrogens is 493 g/mol. The Balaban J connectivity index is 1.49. The largest absolute Gasteiger partial charge is 0.481 e. The molecule has 0 aromatic heterocycles. The summed E-state index contributed by atoms with van der Waals surface area (Å²) in [5.74, 6) is -1.31. The van der Waals surface area contributed by atoms with Crippen LogP contribution in [0.4, 0.5) is 9.18 Å². The molecule has 3 aromatic carbocycles. The molecule has 0 saturated heterocycles. The lowest BCUT2D eigenvalue weighted by Gasteiger charge is -2.22. The summed E-state index contributed by atoms with van der Waals surface area (Å²) in [5.41, 5.74) is 5.21. The Hall–Kier alpha value is -4.00. The van der Waals surface area contributed by atoms with Crippen LogP contribution in [0.3, 0.4) is 0 Å². The number of amidine groups is 1. The summed E-state index contributed by atoms with van der Waals surface area (Å²) in [7, 11) is 0. The molecule has 0 bridgehead atoms. The monoisotopic (exact) mass is 531 g/mol. The van der Waals surface area contributed by atoms with Crippen molar-refractivity contribution in [2.45, 2.75) is 65.3 Å². The van der Waals surface area contributed by atoms with Gasteiger partial charge in [-0.1, -0.05) is 75.4 Å². The summed E-state index contributed by atoms with van der Waals surface area (Å²) < 4.78 is 13.9. The van der Waals surface area contributed by atoms with Gasteiger partial charge in [-0.05, 0) is 70.7 Å². The first kappa shape index (κ1) is 29.6. The molecule has 0 aliphatic carbocycles. The fraction of sp³-hybridized carbons (Fsp3) is 0.344. The van der Waals surface area contributed by atoms with Crippen molar-refractivity contribution < 1.29 is 19.1 Å². The van der Waals surface area contributed by atoms with E-state index in [-0.39, 0.29) is 29.3 Å². The van der Waals surface area contributed by atoms with Crippen LogP contribution in [0.5, 0.6) is 0 Å². The summed E-state index contributed by atoms with van der Waals surface area (Å²) in [5, 5.41) is 20.4. The minimum absolute atomic E-state index is 0.0773. The summed E-state index contributed by atoms with van der Waals surface area (Å²) >= 11 is 0. The Kier molecular flexibility index (Phi) is 9.99. The van der Waals surface area contributed by atoms with Crippen LogP contribution in [0.25, 0.3) is 11.1 Å². The Morgan fingerprint density at radius 1 is 0.949 bits per heavy atom. The first-order valence-corrected chi connectivity index (χ1v) is 13.3. The predicted molar refractivity (Wildman–Crippen MR) is 154 cm³/mol. The molecule has 0 saturated carbocycles. The van der Waals surface area contributed by atoms with E-state index in [0.29, 0.717) is 19.5 Å². The smallest absolute Gasteiger partial charge is 0.323 e. The fourth-order valence-electron chi connectivity index (χ4n) is 4.36. The third-order valence-corrected chi connectivity index (χ3v) is 6.70. The van der Waals surface area contributed by atoms with Crippen LogP contribution in [0.1, 0.15) is 62.8 Å². The molecule has 3 aromatic rings. The lowest BCUT2D eigenvalue weighted by Crippen LogP contribution is -2.43. The normalized spacial score (nSPS) is 11.2. The second-order valence-electron chi connectivity index (χ2n) is 10.7. The van der Waals surface area contributed by atoms with Gasteiger partial charge in [0.05, 0.1) is 6.42 Å². The van der Waals surface area contributed by atoms with Gasteiger partial charge in [0.25, 0.3) is 0 Å². The predicted octanol–water partition coefficient (Wildman–Crippen LogP) is 6.95. The zero-order valence-electron chi connectivity index (χ0n) is 23.2. The van der Waals surface area contributed by atoms with Crippen LogP contribution in [0.15, 0.2) is 66.7 Å². The quantitative estimate of drug-likeness (QED) is 0.195. The molecule has 0 aliphatic heterocycles. The van der Waals surface area contributed by atoms with E-state index >= 15 is 0 Å². The molecule has 206 valence electrons. The van der Waals surface area contributed by atoms with E-state index in [0.717, 1.165) is 35.1 Å². The number of nitrogens with zero attached hydrogens (tertiary/aromatic N) is 1. The van der Waals surface area contributed by atoms with Gasteiger partial charge in [-0.2, -0.15) is 0 Å². The van der Waals surface area contributed by atoms with Gasteiger partial charge >= 0.3 is 12.0 Å². The first-order chi connectivity index (χ1) is 18.5. The van der Waals surface area contributed by atoms with Gasteiger partial charge in [0.2, 0.25) is 0 Å². The first-order valence-electron chi connectivity index (χ1n) is 13.3. The van der Waals surface area contributed by atoms with Gasteiger partial charge in [0.1, 0.15) is 11.7 Å². The summed E-state index contributed by atoms with van der Waals surface area (Å²) in [6, 6.07) is 20.3. The van der Waals surface area contributed by atoms with Crippen molar-refractivity contribution in [2.24, 2.45) is 0 Å². The Labute approximate surface area is 230 Å². The van der Waals surface area contributed by atoms with Crippen LogP contribution >= 0.6 is 0 Å². The van der Waals surface area contributed by atoms with E-state index in [1.54, 1.807) is 12.1 Å². The molecule has 0 radical (unpaired) electrons. The lowest BCUT2D eigenvalue weighted by molar-refractivity contribution is -0.136.